The molecule has 0 saturated carbocycles. The van der Waals surface area contributed by atoms with Crippen LogP contribution < -0.4 is 10.0 Å². The molecule has 1 aromatic heterocycles. The van der Waals surface area contributed by atoms with Crippen LogP contribution in [0.4, 0.5) is 4.39 Å². The molecule has 3 rings (SSSR count). The maximum Gasteiger partial charge on any atom is 0.254 e. The Labute approximate surface area is 186 Å². The molecule has 0 aliphatic heterocycles. The SMILES string of the molecule is COCCNSC.O=C(NCc1ccccc1)c1cnc(C2=CCC=CC(F)=C2)nc1. The van der Waals surface area contributed by atoms with Gasteiger partial charge in [0.15, 0.2) is 5.82 Å². The number of allylic oxidation sites excluding steroid dienone is 6. The van der Waals surface area contributed by atoms with Crippen LogP contribution in [0.3, 0.4) is 0 Å². The molecule has 6 nitrogen and oxygen atoms in total. The molecule has 0 unspecified atom stereocenters. The largest absolute Gasteiger partial charge is 0.383 e. The number of halogens is 1. The van der Waals surface area contributed by atoms with Crippen molar-refractivity contribution in [3.63, 3.8) is 0 Å². The van der Waals surface area contributed by atoms with Crippen molar-refractivity contribution in [3.05, 3.63) is 89.8 Å². The maximum absolute atomic E-state index is 13.5. The number of amides is 1. The number of nitrogens with one attached hydrogen (secondary N) is 2. The summed E-state index contributed by atoms with van der Waals surface area (Å²) in [4.78, 5) is 20.5. The Morgan fingerprint density at radius 2 is 1.97 bits per heavy atom. The van der Waals surface area contributed by atoms with Crippen LogP contribution in [0.1, 0.15) is 28.2 Å². The van der Waals surface area contributed by atoms with Crippen LogP contribution in [0.25, 0.3) is 5.57 Å². The predicted molar refractivity (Wildman–Crippen MR) is 124 cm³/mol. The van der Waals surface area contributed by atoms with E-state index in [0.29, 0.717) is 29.9 Å². The van der Waals surface area contributed by atoms with E-state index in [1.807, 2.05) is 42.7 Å². The van der Waals surface area contributed by atoms with Crippen LogP contribution in [-0.2, 0) is 11.3 Å². The van der Waals surface area contributed by atoms with Crippen molar-refractivity contribution in [1.29, 1.82) is 0 Å². The summed E-state index contributed by atoms with van der Waals surface area (Å²) in [6.45, 7) is 2.16. The molecule has 2 N–H and O–H groups in total. The van der Waals surface area contributed by atoms with Crippen molar-refractivity contribution in [3.8, 4) is 0 Å². The summed E-state index contributed by atoms with van der Waals surface area (Å²) >= 11 is 1.61. The first kappa shape index (κ1) is 24.5. The Morgan fingerprint density at radius 3 is 2.65 bits per heavy atom. The standard InChI is InChI=1S/C19H16FN3O.C4H11NOS/c20-17-9-5-4-8-15(10-17)18-21-12-16(13-22-18)19(24)23-11-14-6-2-1-3-7-14;1-6-4-3-5-7-2/h1-3,5-10,12-13H,4,11H2,(H,23,24);5H,3-4H2,1-2H3. The fourth-order valence-corrected chi connectivity index (χ4v) is 2.79. The lowest BCUT2D eigenvalue weighted by Crippen LogP contribution is -2.23. The van der Waals surface area contributed by atoms with Crippen molar-refractivity contribution < 1.29 is 13.9 Å². The van der Waals surface area contributed by atoms with Gasteiger partial charge in [0.05, 0.1) is 12.2 Å². The molecule has 1 aliphatic rings. The van der Waals surface area contributed by atoms with Gasteiger partial charge in [0.1, 0.15) is 5.83 Å². The first-order chi connectivity index (χ1) is 15.1. The normalized spacial score (nSPS) is 12.7. The van der Waals surface area contributed by atoms with Gasteiger partial charge in [-0.15, -0.1) is 0 Å². The average Bonchev–Trinajstić information content (AvgIpc) is 3.03. The number of carbonyl (C=O) groups excluding carboxylic acids is 1. The monoisotopic (exact) mass is 442 g/mol. The summed E-state index contributed by atoms with van der Waals surface area (Å²) < 4.78 is 21.3. The van der Waals surface area contributed by atoms with Crippen molar-refractivity contribution in [1.82, 2.24) is 20.0 Å². The summed E-state index contributed by atoms with van der Waals surface area (Å²) in [7, 11) is 1.70. The topological polar surface area (TPSA) is 76.1 Å². The lowest BCUT2D eigenvalue weighted by molar-refractivity contribution is 0.0950. The minimum absolute atomic E-state index is 0.247. The molecule has 1 aliphatic carbocycles. The van der Waals surface area contributed by atoms with Gasteiger partial charge >= 0.3 is 0 Å². The highest BCUT2D eigenvalue weighted by Crippen LogP contribution is 2.19. The number of methoxy groups -OCH3 is 1. The molecule has 0 atom stereocenters. The summed E-state index contributed by atoms with van der Waals surface area (Å²) in [6, 6.07) is 9.64. The predicted octanol–water partition coefficient (Wildman–Crippen LogP) is 4.10. The summed E-state index contributed by atoms with van der Waals surface area (Å²) in [6.07, 6.45) is 11.9. The summed E-state index contributed by atoms with van der Waals surface area (Å²) in [5.41, 5.74) is 1.99. The molecule has 0 spiro atoms. The van der Waals surface area contributed by atoms with Crippen LogP contribution in [0.15, 0.2) is 72.9 Å². The number of aromatic nitrogens is 2. The fraction of sp³-hybridized carbons (Fsp3) is 0.261. The van der Waals surface area contributed by atoms with E-state index in [1.54, 1.807) is 25.1 Å². The molecule has 2 aromatic rings. The lowest BCUT2D eigenvalue weighted by Gasteiger charge is -2.06. The molecular formula is C23H27FN4O2S. The quantitative estimate of drug-likeness (QED) is 0.473. The smallest absolute Gasteiger partial charge is 0.254 e. The van der Waals surface area contributed by atoms with Gasteiger partial charge in [0, 0.05) is 38.2 Å². The molecule has 164 valence electrons. The van der Waals surface area contributed by atoms with E-state index >= 15 is 0 Å². The van der Waals surface area contributed by atoms with Crippen LogP contribution in [0.2, 0.25) is 0 Å². The zero-order chi connectivity index (χ0) is 22.3. The van der Waals surface area contributed by atoms with Crippen LogP contribution >= 0.6 is 11.9 Å². The zero-order valence-electron chi connectivity index (χ0n) is 17.7. The van der Waals surface area contributed by atoms with Gasteiger partial charge in [-0.1, -0.05) is 54.4 Å². The van der Waals surface area contributed by atoms with Crippen LogP contribution in [0.5, 0.6) is 0 Å². The third-order valence-electron chi connectivity index (χ3n) is 4.07. The second kappa shape index (κ2) is 14.2. The highest BCUT2D eigenvalue weighted by molar-refractivity contribution is 7.96. The first-order valence-corrected chi connectivity index (χ1v) is 11.0. The number of benzene rings is 1. The van der Waals surface area contributed by atoms with E-state index in [1.165, 1.54) is 24.5 Å². The van der Waals surface area contributed by atoms with Crippen molar-refractivity contribution >= 4 is 23.4 Å². The molecule has 8 heteroatoms. The van der Waals surface area contributed by atoms with Gasteiger partial charge in [-0.05, 0) is 30.4 Å². The molecule has 1 heterocycles. The highest BCUT2D eigenvalue weighted by Gasteiger charge is 2.09. The second-order valence-electron chi connectivity index (χ2n) is 6.38. The van der Waals surface area contributed by atoms with Gasteiger partial charge in [0.2, 0.25) is 0 Å². The van der Waals surface area contributed by atoms with Gasteiger partial charge < -0.3 is 10.1 Å². The Kier molecular flexibility index (Phi) is 11.2. The number of ether oxygens (including phenoxy) is 1. The molecule has 1 amide bonds. The van der Waals surface area contributed by atoms with E-state index in [4.69, 9.17) is 4.74 Å². The van der Waals surface area contributed by atoms with Crippen LogP contribution in [-0.4, -0.2) is 42.4 Å². The lowest BCUT2D eigenvalue weighted by atomic mass is 10.2. The molecule has 31 heavy (non-hydrogen) atoms. The third kappa shape index (κ3) is 9.25. The summed E-state index contributed by atoms with van der Waals surface area (Å²) in [5, 5.41) is 2.82. The Hall–Kier alpha value is -2.81. The number of hydrogen-bond donors (Lipinski definition) is 2. The van der Waals surface area contributed by atoms with E-state index in [-0.39, 0.29) is 11.7 Å². The van der Waals surface area contributed by atoms with Crippen molar-refractivity contribution in [2.45, 2.75) is 13.0 Å². The fourth-order valence-electron chi connectivity index (χ4n) is 2.51. The molecule has 0 fully saturated rings. The minimum atomic E-state index is -0.341. The van der Waals surface area contributed by atoms with Gasteiger partial charge in [0.25, 0.3) is 5.91 Å². The summed E-state index contributed by atoms with van der Waals surface area (Å²) in [5.74, 6) is -0.191. The molecular weight excluding hydrogens is 415 g/mol. The maximum atomic E-state index is 13.5. The number of nitrogens with zero attached hydrogens (tertiary/aromatic N) is 2. The van der Waals surface area contributed by atoms with E-state index < -0.39 is 0 Å². The van der Waals surface area contributed by atoms with Gasteiger partial charge in [-0.3, -0.25) is 9.52 Å². The molecule has 0 saturated heterocycles. The van der Waals surface area contributed by atoms with E-state index in [2.05, 4.69) is 20.0 Å². The number of carbonyl (C=O) groups is 1. The Morgan fingerprint density at radius 1 is 1.23 bits per heavy atom. The molecule has 0 radical (unpaired) electrons. The van der Waals surface area contributed by atoms with E-state index in [0.717, 1.165) is 18.7 Å². The number of rotatable bonds is 8. The first-order valence-electron chi connectivity index (χ1n) is 9.77. The van der Waals surface area contributed by atoms with Crippen LogP contribution in [0, 0.1) is 0 Å². The Balaban J connectivity index is 0.000000423. The average molecular weight is 443 g/mol. The molecule has 1 aromatic carbocycles. The van der Waals surface area contributed by atoms with Crippen molar-refractivity contribution in [2.75, 3.05) is 26.5 Å². The van der Waals surface area contributed by atoms with E-state index in [9.17, 15) is 9.18 Å². The second-order valence-corrected chi connectivity index (χ2v) is 7.08. The van der Waals surface area contributed by atoms with Gasteiger partial charge in [-0.2, -0.15) is 0 Å². The Bertz CT molecular complexity index is 896. The molecule has 0 bridgehead atoms. The zero-order valence-corrected chi connectivity index (χ0v) is 18.5. The number of hydrogen-bond acceptors (Lipinski definition) is 6. The highest BCUT2D eigenvalue weighted by atomic mass is 32.2. The van der Waals surface area contributed by atoms with Crippen molar-refractivity contribution in [2.24, 2.45) is 0 Å². The van der Waals surface area contributed by atoms with Gasteiger partial charge in [-0.25, -0.2) is 14.4 Å². The third-order valence-corrected chi connectivity index (χ3v) is 4.56. The minimum Gasteiger partial charge on any atom is -0.383 e.